The van der Waals surface area contributed by atoms with Gasteiger partial charge in [-0.2, -0.15) is 0 Å². The Labute approximate surface area is 163 Å². The van der Waals surface area contributed by atoms with Gasteiger partial charge >= 0.3 is 0 Å². The van der Waals surface area contributed by atoms with Gasteiger partial charge < -0.3 is 9.84 Å². The molecule has 0 radical (unpaired) electrons. The number of halogens is 2. The molecule has 1 aromatic carbocycles. The molecule has 1 N–H and O–H groups in total. The molecule has 140 valence electrons. The molecule has 0 saturated carbocycles. The fourth-order valence-electron chi connectivity index (χ4n) is 3.29. The van der Waals surface area contributed by atoms with Crippen LogP contribution in [0.15, 0.2) is 34.5 Å². The lowest BCUT2D eigenvalue weighted by Crippen LogP contribution is -2.37. The molecule has 2 aliphatic rings. The first-order valence-electron chi connectivity index (χ1n) is 8.75. The Hall–Kier alpha value is -1.40. The SMILES string of the molecule is O=C1CC(c2cccc(Cl)c2Cl)CC(O)=C1C=NCCN1CCOCC1. The van der Waals surface area contributed by atoms with Crippen molar-refractivity contribution in [2.45, 2.75) is 18.8 Å². The van der Waals surface area contributed by atoms with Crippen LogP contribution in [0.25, 0.3) is 0 Å². The molecule has 7 heteroatoms. The number of carbonyl (C=O) groups is 1. The van der Waals surface area contributed by atoms with Crippen molar-refractivity contribution in [3.05, 3.63) is 45.1 Å². The molecular formula is C19H22Cl2N2O3. The molecule has 1 saturated heterocycles. The molecule has 0 amide bonds. The third-order valence-electron chi connectivity index (χ3n) is 4.77. The van der Waals surface area contributed by atoms with Gasteiger partial charge in [0.25, 0.3) is 0 Å². The lowest BCUT2D eigenvalue weighted by molar-refractivity contribution is -0.116. The van der Waals surface area contributed by atoms with E-state index in [1.165, 1.54) is 6.21 Å². The number of hydrogen-bond donors (Lipinski definition) is 1. The minimum atomic E-state index is -0.167. The molecular weight excluding hydrogens is 375 g/mol. The maximum atomic E-state index is 12.5. The van der Waals surface area contributed by atoms with Gasteiger partial charge in [0.2, 0.25) is 0 Å². The standard InChI is InChI=1S/C19H22Cl2N2O3/c20-16-3-1-2-14(19(16)21)13-10-17(24)15(18(25)11-13)12-22-4-5-23-6-8-26-9-7-23/h1-3,12-13,24H,4-11H2. The summed E-state index contributed by atoms with van der Waals surface area (Å²) < 4.78 is 5.31. The Bertz CT molecular complexity index is 727. The number of aliphatic imine (C=N–C) groups is 1. The number of nitrogens with zero attached hydrogens (tertiary/aromatic N) is 2. The molecule has 26 heavy (non-hydrogen) atoms. The van der Waals surface area contributed by atoms with Gasteiger partial charge in [0, 0.05) is 38.7 Å². The summed E-state index contributed by atoms with van der Waals surface area (Å²) in [5.74, 6) is -0.221. The number of ether oxygens (including phenoxy) is 1. The first-order chi connectivity index (χ1) is 12.6. The number of morpholine rings is 1. The van der Waals surface area contributed by atoms with Crippen molar-refractivity contribution in [2.24, 2.45) is 4.99 Å². The number of ketones is 1. The van der Waals surface area contributed by atoms with Gasteiger partial charge in [-0.1, -0.05) is 35.3 Å². The number of benzene rings is 1. The van der Waals surface area contributed by atoms with Crippen molar-refractivity contribution >= 4 is 35.2 Å². The first-order valence-corrected chi connectivity index (χ1v) is 9.51. The Kier molecular flexibility index (Phi) is 6.70. The second-order valence-corrected chi connectivity index (χ2v) is 7.31. The zero-order valence-electron chi connectivity index (χ0n) is 14.5. The monoisotopic (exact) mass is 396 g/mol. The number of hydrogen-bond acceptors (Lipinski definition) is 5. The summed E-state index contributed by atoms with van der Waals surface area (Å²) in [7, 11) is 0. The van der Waals surface area contributed by atoms with Gasteiger partial charge in [0.15, 0.2) is 5.78 Å². The minimum Gasteiger partial charge on any atom is -0.511 e. The van der Waals surface area contributed by atoms with Crippen molar-refractivity contribution in [1.82, 2.24) is 4.90 Å². The topological polar surface area (TPSA) is 62.1 Å². The lowest BCUT2D eigenvalue weighted by atomic mass is 9.83. The maximum Gasteiger partial charge on any atom is 0.168 e. The third-order valence-corrected chi connectivity index (χ3v) is 5.61. The average molecular weight is 397 g/mol. The van der Waals surface area contributed by atoms with E-state index in [-0.39, 0.29) is 23.9 Å². The van der Waals surface area contributed by atoms with Gasteiger partial charge in [-0.3, -0.25) is 14.7 Å². The largest absolute Gasteiger partial charge is 0.511 e. The van der Waals surface area contributed by atoms with E-state index in [0.29, 0.717) is 28.6 Å². The highest BCUT2D eigenvalue weighted by atomic mass is 35.5. The Morgan fingerprint density at radius 3 is 2.77 bits per heavy atom. The second kappa shape index (κ2) is 9.00. The molecule has 1 fully saturated rings. The number of allylic oxidation sites excluding steroid dienone is 2. The molecule has 0 aromatic heterocycles. The van der Waals surface area contributed by atoms with Crippen molar-refractivity contribution in [3.63, 3.8) is 0 Å². The maximum absolute atomic E-state index is 12.5. The van der Waals surface area contributed by atoms with E-state index >= 15 is 0 Å². The second-order valence-electron chi connectivity index (χ2n) is 6.52. The van der Waals surface area contributed by atoms with Crippen LogP contribution in [-0.2, 0) is 9.53 Å². The Balaban J connectivity index is 1.62. The highest BCUT2D eigenvalue weighted by Gasteiger charge is 2.29. The molecule has 3 rings (SSSR count). The van der Waals surface area contributed by atoms with E-state index < -0.39 is 0 Å². The molecule has 0 spiro atoms. The number of rotatable bonds is 5. The molecule has 1 aliphatic carbocycles. The number of Topliss-reactive ketones (excluding diaryl/α,β-unsaturated/α-hetero) is 1. The minimum absolute atomic E-state index is 0.0671. The summed E-state index contributed by atoms with van der Waals surface area (Å²) in [6, 6.07) is 5.36. The van der Waals surface area contributed by atoms with Crippen LogP contribution in [0.4, 0.5) is 0 Å². The van der Waals surface area contributed by atoms with Crippen molar-refractivity contribution in [2.75, 3.05) is 39.4 Å². The van der Waals surface area contributed by atoms with E-state index in [9.17, 15) is 9.90 Å². The quantitative estimate of drug-likeness (QED) is 0.771. The number of carbonyl (C=O) groups excluding carboxylic acids is 1. The van der Waals surface area contributed by atoms with Crippen LogP contribution in [0, 0.1) is 0 Å². The van der Waals surface area contributed by atoms with Crippen LogP contribution in [0.5, 0.6) is 0 Å². The third kappa shape index (κ3) is 4.65. The molecule has 1 heterocycles. The molecule has 1 unspecified atom stereocenters. The highest BCUT2D eigenvalue weighted by Crippen LogP contribution is 2.38. The van der Waals surface area contributed by atoms with E-state index in [1.807, 2.05) is 6.07 Å². The van der Waals surface area contributed by atoms with Crippen LogP contribution in [-0.4, -0.2) is 61.4 Å². The summed E-state index contributed by atoms with van der Waals surface area (Å²) >= 11 is 12.3. The number of aliphatic hydroxyl groups is 1. The summed E-state index contributed by atoms with van der Waals surface area (Å²) in [4.78, 5) is 19.1. The number of aliphatic hydroxyl groups excluding tert-OH is 1. The van der Waals surface area contributed by atoms with E-state index in [0.717, 1.165) is 38.4 Å². The summed E-state index contributed by atoms with van der Waals surface area (Å²) in [6.07, 6.45) is 2.15. The fourth-order valence-corrected chi connectivity index (χ4v) is 3.75. The fraction of sp³-hybridized carbons (Fsp3) is 0.474. The summed E-state index contributed by atoms with van der Waals surface area (Å²) in [5, 5.41) is 11.2. The molecule has 1 atom stereocenters. The van der Waals surface area contributed by atoms with Crippen molar-refractivity contribution in [3.8, 4) is 0 Å². The molecule has 1 aromatic rings. The van der Waals surface area contributed by atoms with Gasteiger partial charge in [-0.05, 0) is 17.5 Å². The van der Waals surface area contributed by atoms with Gasteiger partial charge in [-0.15, -0.1) is 0 Å². The highest BCUT2D eigenvalue weighted by molar-refractivity contribution is 6.42. The Morgan fingerprint density at radius 1 is 1.27 bits per heavy atom. The summed E-state index contributed by atoms with van der Waals surface area (Å²) in [6.45, 7) is 4.73. The predicted molar refractivity (Wildman–Crippen MR) is 104 cm³/mol. The van der Waals surface area contributed by atoms with Crippen LogP contribution in [0.1, 0.15) is 24.3 Å². The molecule has 1 aliphatic heterocycles. The van der Waals surface area contributed by atoms with Crippen LogP contribution in [0.3, 0.4) is 0 Å². The van der Waals surface area contributed by atoms with Gasteiger partial charge in [0.1, 0.15) is 5.76 Å². The molecule has 5 nitrogen and oxygen atoms in total. The van der Waals surface area contributed by atoms with Crippen LogP contribution in [0.2, 0.25) is 10.0 Å². The first kappa shape index (κ1) is 19.4. The zero-order chi connectivity index (χ0) is 18.5. The van der Waals surface area contributed by atoms with Crippen LogP contribution < -0.4 is 0 Å². The van der Waals surface area contributed by atoms with Gasteiger partial charge in [-0.25, -0.2) is 0 Å². The van der Waals surface area contributed by atoms with E-state index in [1.54, 1.807) is 12.1 Å². The van der Waals surface area contributed by atoms with Crippen LogP contribution >= 0.6 is 23.2 Å². The Morgan fingerprint density at radius 2 is 2.04 bits per heavy atom. The van der Waals surface area contributed by atoms with Crippen molar-refractivity contribution < 1.29 is 14.6 Å². The molecule has 0 bridgehead atoms. The van der Waals surface area contributed by atoms with Gasteiger partial charge in [0.05, 0.1) is 35.4 Å². The lowest BCUT2D eigenvalue weighted by Gasteiger charge is -2.25. The van der Waals surface area contributed by atoms with E-state index in [4.69, 9.17) is 27.9 Å². The average Bonchev–Trinajstić information content (AvgIpc) is 2.63. The summed E-state index contributed by atoms with van der Waals surface area (Å²) in [5.41, 5.74) is 1.10. The predicted octanol–water partition coefficient (Wildman–Crippen LogP) is 3.66. The zero-order valence-corrected chi connectivity index (χ0v) is 16.0. The van der Waals surface area contributed by atoms with E-state index in [2.05, 4.69) is 9.89 Å². The normalized spacial score (nSPS) is 22.4. The smallest absolute Gasteiger partial charge is 0.168 e. The van der Waals surface area contributed by atoms with Crippen molar-refractivity contribution in [1.29, 1.82) is 0 Å².